The van der Waals surface area contributed by atoms with Gasteiger partial charge in [0.2, 0.25) is 5.16 Å². The van der Waals surface area contributed by atoms with Crippen molar-refractivity contribution in [2.75, 3.05) is 0 Å². The molecule has 7 nitrogen and oxygen atoms in total. The first-order valence-electron chi connectivity index (χ1n) is 8.23. The fourth-order valence-corrected chi connectivity index (χ4v) is 3.55. The average Bonchev–Trinajstić information content (AvgIpc) is 3.37. The average molecular weight is 366 g/mol. The molecule has 0 unspecified atom stereocenters. The third-order valence-corrected chi connectivity index (χ3v) is 4.97. The molecule has 1 aromatic carbocycles. The lowest BCUT2D eigenvalue weighted by molar-refractivity contribution is 0.462. The molecule has 3 aromatic heterocycles. The van der Waals surface area contributed by atoms with E-state index >= 15 is 0 Å². The SMILES string of the molecule is Cc1cc(C)n(-c2ccc(CSc3nnnn3Cc3ccco3)cc2)n1. The fraction of sp³-hybridized carbons (Fsp3) is 0.222. The van der Waals surface area contributed by atoms with Crippen LogP contribution in [0.4, 0.5) is 0 Å². The number of rotatable bonds is 6. The highest BCUT2D eigenvalue weighted by atomic mass is 32.2. The number of tetrazole rings is 1. The normalized spacial score (nSPS) is 11.2. The van der Waals surface area contributed by atoms with Crippen molar-refractivity contribution in [3.8, 4) is 5.69 Å². The number of hydrogen-bond acceptors (Lipinski definition) is 6. The Balaban J connectivity index is 1.43. The molecule has 3 heterocycles. The van der Waals surface area contributed by atoms with Gasteiger partial charge in [-0.2, -0.15) is 5.10 Å². The van der Waals surface area contributed by atoms with E-state index in [1.165, 1.54) is 5.56 Å². The summed E-state index contributed by atoms with van der Waals surface area (Å²) < 4.78 is 9.06. The first-order chi connectivity index (χ1) is 12.7. The minimum atomic E-state index is 0.527. The number of aryl methyl sites for hydroxylation is 2. The van der Waals surface area contributed by atoms with Crippen LogP contribution in [0.2, 0.25) is 0 Å². The molecule has 0 N–H and O–H groups in total. The number of benzene rings is 1. The van der Waals surface area contributed by atoms with Crippen LogP contribution in [0.3, 0.4) is 0 Å². The first-order valence-corrected chi connectivity index (χ1v) is 9.21. The molecule has 0 aliphatic carbocycles. The third-order valence-electron chi connectivity index (χ3n) is 3.94. The van der Waals surface area contributed by atoms with Crippen LogP contribution in [0.5, 0.6) is 0 Å². The van der Waals surface area contributed by atoms with Gasteiger partial charge in [0.25, 0.3) is 0 Å². The lowest BCUT2D eigenvalue weighted by Crippen LogP contribution is -2.03. The van der Waals surface area contributed by atoms with E-state index in [-0.39, 0.29) is 0 Å². The molecule has 0 spiro atoms. The molecule has 0 aliphatic rings. The second-order valence-electron chi connectivity index (χ2n) is 5.99. The summed E-state index contributed by atoms with van der Waals surface area (Å²) in [6.45, 7) is 4.59. The van der Waals surface area contributed by atoms with Crippen LogP contribution < -0.4 is 0 Å². The highest BCUT2D eigenvalue weighted by molar-refractivity contribution is 7.98. The van der Waals surface area contributed by atoms with Gasteiger partial charge in [-0.15, -0.1) is 5.10 Å². The third kappa shape index (κ3) is 3.55. The lowest BCUT2D eigenvalue weighted by atomic mass is 10.2. The summed E-state index contributed by atoms with van der Waals surface area (Å²) >= 11 is 1.60. The van der Waals surface area contributed by atoms with Gasteiger partial charge in [0.05, 0.1) is 17.6 Å². The molecule has 8 heteroatoms. The second-order valence-corrected chi connectivity index (χ2v) is 6.93. The van der Waals surface area contributed by atoms with Crippen LogP contribution in [0.15, 0.2) is 58.3 Å². The smallest absolute Gasteiger partial charge is 0.210 e. The fourth-order valence-electron chi connectivity index (χ4n) is 2.72. The molecule has 0 aliphatic heterocycles. The number of nitrogens with zero attached hydrogens (tertiary/aromatic N) is 6. The zero-order chi connectivity index (χ0) is 17.9. The van der Waals surface area contributed by atoms with Crippen molar-refractivity contribution in [2.45, 2.75) is 31.3 Å². The predicted molar refractivity (Wildman–Crippen MR) is 98.2 cm³/mol. The first kappa shape index (κ1) is 16.6. The van der Waals surface area contributed by atoms with Crippen molar-refractivity contribution >= 4 is 11.8 Å². The molecule has 0 radical (unpaired) electrons. The molecule has 0 amide bonds. The highest BCUT2D eigenvalue weighted by Crippen LogP contribution is 2.22. The van der Waals surface area contributed by atoms with Gasteiger partial charge in [-0.05, 0) is 60.2 Å². The van der Waals surface area contributed by atoms with Gasteiger partial charge in [-0.25, -0.2) is 9.36 Å². The Hall–Kier alpha value is -2.87. The van der Waals surface area contributed by atoms with Crippen LogP contribution in [-0.2, 0) is 12.3 Å². The lowest BCUT2D eigenvalue weighted by Gasteiger charge is -2.06. The molecule has 0 saturated heterocycles. The van der Waals surface area contributed by atoms with Crippen molar-refractivity contribution in [1.82, 2.24) is 30.0 Å². The van der Waals surface area contributed by atoms with Crippen molar-refractivity contribution < 1.29 is 4.42 Å². The van der Waals surface area contributed by atoms with Crippen molar-refractivity contribution in [3.63, 3.8) is 0 Å². The Morgan fingerprint density at radius 1 is 1.12 bits per heavy atom. The Kier molecular flexibility index (Phi) is 4.57. The Labute approximate surface area is 155 Å². The van der Waals surface area contributed by atoms with Crippen molar-refractivity contribution in [3.05, 3.63) is 71.4 Å². The van der Waals surface area contributed by atoms with Crippen LogP contribution in [0.25, 0.3) is 5.69 Å². The Morgan fingerprint density at radius 2 is 1.96 bits per heavy atom. The van der Waals surface area contributed by atoms with Crippen LogP contribution >= 0.6 is 11.8 Å². The van der Waals surface area contributed by atoms with E-state index in [0.717, 1.165) is 33.7 Å². The van der Waals surface area contributed by atoms with Crippen molar-refractivity contribution in [2.24, 2.45) is 0 Å². The summed E-state index contributed by atoms with van der Waals surface area (Å²) in [4.78, 5) is 0. The number of thioether (sulfide) groups is 1. The van der Waals surface area contributed by atoms with Gasteiger partial charge in [0.1, 0.15) is 12.3 Å². The van der Waals surface area contributed by atoms with Gasteiger partial charge < -0.3 is 4.42 Å². The Morgan fingerprint density at radius 3 is 2.65 bits per heavy atom. The molecule has 4 rings (SSSR count). The van der Waals surface area contributed by atoms with Gasteiger partial charge in [-0.3, -0.25) is 0 Å². The van der Waals surface area contributed by atoms with Gasteiger partial charge in [0, 0.05) is 11.4 Å². The molecule has 26 heavy (non-hydrogen) atoms. The van der Waals surface area contributed by atoms with Gasteiger partial charge in [0.15, 0.2) is 0 Å². The quantitative estimate of drug-likeness (QED) is 0.487. The number of aromatic nitrogens is 6. The minimum absolute atomic E-state index is 0.527. The maximum Gasteiger partial charge on any atom is 0.210 e. The van der Waals surface area contributed by atoms with E-state index in [2.05, 4.69) is 57.9 Å². The number of furan rings is 1. The van der Waals surface area contributed by atoms with Crippen LogP contribution in [0.1, 0.15) is 22.7 Å². The Bertz CT molecular complexity index is 987. The summed E-state index contributed by atoms with van der Waals surface area (Å²) in [6.07, 6.45) is 1.65. The van der Waals surface area contributed by atoms with Crippen LogP contribution in [-0.4, -0.2) is 30.0 Å². The van der Waals surface area contributed by atoms with Gasteiger partial charge >= 0.3 is 0 Å². The van der Waals surface area contributed by atoms with E-state index in [1.54, 1.807) is 22.7 Å². The zero-order valence-corrected chi connectivity index (χ0v) is 15.3. The summed E-state index contributed by atoms with van der Waals surface area (Å²) in [5.41, 5.74) is 4.41. The van der Waals surface area contributed by atoms with E-state index in [9.17, 15) is 0 Å². The van der Waals surface area contributed by atoms with E-state index in [0.29, 0.717) is 6.54 Å². The number of hydrogen-bond donors (Lipinski definition) is 0. The molecule has 0 bridgehead atoms. The predicted octanol–water partition coefficient (Wildman–Crippen LogP) is 3.41. The summed E-state index contributed by atoms with van der Waals surface area (Å²) in [6, 6.07) is 14.2. The zero-order valence-electron chi connectivity index (χ0n) is 14.5. The maximum absolute atomic E-state index is 5.36. The van der Waals surface area contributed by atoms with E-state index < -0.39 is 0 Å². The molecule has 132 valence electrons. The van der Waals surface area contributed by atoms with E-state index in [4.69, 9.17) is 4.42 Å². The monoisotopic (exact) mass is 366 g/mol. The maximum atomic E-state index is 5.36. The van der Waals surface area contributed by atoms with Crippen LogP contribution in [0, 0.1) is 13.8 Å². The van der Waals surface area contributed by atoms with Crippen molar-refractivity contribution in [1.29, 1.82) is 0 Å². The summed E-state index contributed by atoms with van der Waals surface area (Å²) in [5.74, 6) is 1.61. The minimum Gasteiger partial charge on any atom is -0.467 e. The second kappa shape index (κ2) is 7.17. The van der Waals surface area contributed by atoms with E-state index in [1.807, 2.05) is 23.7 Å². The standard InChI is InChI=1S/C18H18N6OS/c1-13-10-14(2)24(20-13)16-7-5-15(6-8-16)12-26-18-19-21-22-23(18)11-17-4-3-9-25-17/h3-10H,11-12H2,1-2H3. The largest absolute Gasteiger partial charge is 0.467 e. The molecule has 4 aromatic rings. The molecule has 0 fully saturated rings. The molecule has 0 saturated carbocycles. The molecular formula is C18H18N6OS. The van der Waals surface area contributed by atoms with Gasteiger partial charge in [-0.1, -0.05) is 23.9 Å². The topological polar surface area (TPSA) is 74.6 Å². The molecular weight excluding hydrogens is 348 g/mol. The highest BCUT2D eigenvalue weighted by Gasteiger charge is 2.09. The molecule has 0 atom stereocenters. The summed E-state index contributed by atoms with van der Waals surface area (Å²) in [5, 5.41) is 17.2. The summed E-state index contributed by atoms with van der Waals surface area (Å²) in [7, 11) is 0.